The molecule has 2 N–H and O–H groups in total. The van der Waals surface area contributed by atoms with Crippen molar-refractivity contribution in [3.63, 3.8) is 0 Å². The molecular formula is C10H15N3OS. The summed E-state index contributed by atoms with van der Waals surface area (Å²) in [4.78, 5) is 8.53. The molecule has 0 saturated carbocycles. The van der Waals surface area contributed by atoms with Crippen LogP contribution in [-0.2, 0) is 11.3 Å². The smallest absolute Gasteiger partial charge is 0.119 e. The summed E-state index contributed by atoms with van der Waals surface area (Å²) in [6.45, 7) is 3.39. The first-order valence-electron chi connectivity index (χ1n) is 5.09. The van der Waals surface area contributed by atoms with Crippen LogP contribution < -0.4 is 5.73 Å². The molecule has 0 aromatic carbocycles. The molecule has 1 aliphatic rings. The maximum absolute atomic E-state index is 5.61. The number of thioether (sulfide) groups is 1. The van der Waals surface area contributed by atoms with E-state index < -0.39 is 0 Å². The van der Waals surface area contributed by atoms with Gasteiger partial charge in [-0.05, 0) is 13.3 Å². The number of hydrogen-bond acceptors (Lipinski definition) is 5. The first-order chi connectivity index (χ1) is 7.31. The van der Waals surface area contributed by atoms with Gasteiger partial charge in [-0.1, -0.05) is 11.8 Å². The molecule has 1 aromatic rings. The lowest BCUT2D eigenvalue weighted by atomic mass is 10.3. The fraction of sp³-hybridized carbons (Fsp3) is 0.600. The molecule has 2 unspecified atom stereocenters. The molecule has 2 heterocycles. The molecular weight excluding hydrogens is 210 g/mol. The normalized spacial score (nSPS) is 25.7. The number of rotatable bonds is 3. The van der Waals surface area contributed by atoms with Crippen LogP contribution >= 0.6 is 11.8 Å². The molecule has 1 saturated heterocycles. The molecule has 5 heteroatoms. The summed E-state index contributed by atoms with van der Waals surface area (Å²) in [7, 11) is 0. The van der Waals surface area contributed by atoms with Gasteiger partial charge in [0, 0.05) is 30.8 Å². The van der Waals surface area contributed by atoms with E-state index in [-0.39, 0.29) is 0 Å². The number of aromatic nitrogens is 2. The summed E-state index contributed by atoms with van der Waals surface area (Å²) in [6, 6.07) is 0. The zero-order valence-electron chi connectivity index (χ0n) is 8.72. The van der Waals surface area contributed by atoms with Crippen LogP contribution in [0.5, 0.6) is 0 Å². The van der Waals surface area contributed by atoms with Crippen LogP contribution in [0, 0.1) is 0 Å². The van der Waals surface area contributed by atoms with Gasteiger partial charge in [0.05, 0.1) is 11.8 Å². The van der Waals surface area contributed by atoms with E-state index in [1.165, 1.54) is 0 Å². The van der Waals surface area contributed by atoms with Crippen molar-refractivity contribution in [2.24, 2.45) is 5.73 Å². The predicted octanol–water partition coefficient (Wildman–Crippen LogP) is 1.20. The van der Waals surface area contributed by atoms with Crippen LogP contribution in [-0.4, -0.2) is 27.9 Å². The van der Waals surface area contributed by atoms with E-state index in [0.717, 1.165) is 23.7 Å². The van der Waals surface area contributed by atoms with Gasteiger partial charge >= 0.3 is 0 Å². The summed E-state index contributed by atoms with van der Waals surface area (Å²) < 4.78 is 5.51. The average Bonchev–Trinajstić information content (AvgIpc) is 2.65. The van der Waals surface area contributed by atoms with E-state index in [2.05, 4.69) is 16.9 Å². The molecule has 0 aliphatic carbocycles. The van der Waals surface area contributed by atoms with Crippen LogP contribution in [0.3, 0.4) is 0 Å². The van der Waals surface area contributed by atoms with Crippen molar-refractivity contribution in [3.8, 4) is 0 Å². The molecule has 1 fully saturated rings. The van der Waals surface area contributed by atoms with Crippen molar-refractivity contribution in [3.05, 3.63) is 18.1 Å². The Morgan fingerprint density at radius 1 is 1.53 bits per heavy atom. The highest BCUT2D eigenvalue weighted by Crippen LogP contribution is 2.32. The van der Waals surface area contributed by atoms with E-state index in [4.69, 9.17) is 10.5 Å². The maximum atomic E-state index is 5.61. The molecule has 4 nitrogen and oxygen atoms in total. The monoisotopic (exact) mass is 225 g/mol. The zero-order valence-corrected chi connectivity index (χ0v) is 9.54. The second-order valence-electron chi connectivity index (χ2n) is 3.53. The van der Waals surface area contributed by atoms with Gasteiger partial charge in [-0.3, -0.25) is 4.98 Å². The highest BCUT2D eigenvalue weighted by atomic mass is 32.2. The molecule has 0 spiro atoms. The van der Waals surface area contributed by atoms with Crippen molar-refractivity contribution < 1.29 is 4.74 Å². The van der Waals surface area contributed by atoms with E-state index in [9.17, 15) is 0 Å². The molecule has 1 aliphatic heterocycles. The maximum Gasteiger partial charge on any atom is 0.119 e. The third-order valence-corrected chi connectivity index (χ3v) is 3.98. The van der Waals surface area contributed by atoms with Crippen LogP contribution in [0.15, 0.2) is 17.4 Å². The summed E-state index contributed by atoms with van der Waals surface area (Å²) in [5, 5.41) is 1.43. The number of hydrogen-bond donors (Lipinski definition) is 1. The van der Waals surface area contributed by atoms with Crippen molar-refractivity contribution >= 4 is 11.8 Å². The third-order valence-electron chi connectivity index (χ3n) is 2.50. The van der Waals surface area contributed by atoms with Crippen molar-refractivity contribution in [2.75, 3.05) is 6.61 Å². The Balaban J connectivity index is 2.09. The Labute approximate surface area is 93.6 Å². The molecule has 15 heavy (non-hydrogen) atoms. The first-order valence-corrected chi connectivity index (χ1v) is 5.97. The van der Waals surface area contributed by atoms with Crippen LogP contribution in [0.1, 0.15) is 19.0 Å². The lowest BCUT2D eigenvalue weighted by Gasteiger charge is -2.13. The van der Waals surface area contributed by atoms with Crippen LogP contribution in [0.25, 0.3) is 0 Å². The highest BCUT2D eigenvalue weighted by molar-refractivity contribution is 8.00. The molecule has 82 valence electrons. The minimum atomic E-state index is 0.294. The third kappa shape index (κ3) is 2.48. The number of nitrogens with two attached hydrogens (primary N) is 1. The lowest BCUT2D eigenvalue weighted by Crippen LogP contribution is -2.14. The van der Waals surface area contributed by atoms with Gasteiger partial charge in [-0.15, -0.1) is 0 Å². The van der Waals surface area contributed by atoms with Gasteiger partial charge in [0.15, 0.2) is 0 Å². The highest BCUT2D eigenvalue weighted by Gasteiger charge is 2.26. The van der Waals surface area contributed by atoms with Gasteiger partial charge in [0.2, 0.25) is 0 Å². The molecule has 2 rings (SSSR count). The van der Waals surface area contributed by atoms with E-state index in [0.29, 0.717) is 17.9 Å². The Hall–Kier alpha value is -0.650. The summed E-state index contributed by atoms with van der Waals surface area (Å²) in [6.07, 6.45) is 4.76. The Kier molecular flexibility index (Phi) is 3.56. The minimum Gasteiger partial charge on any atom is -0.377 e. The van der Waals surface area contributed by atoms with Crippen LogP contribution in [0.2, 0.25) is 0 Å². The summed E-state index contributed by atoms with van der Waals surface area (Å²) >= 11 is 1.73. The standard InChI is InChI=1S/C10H15N3OS/c1-7-9(2-5-14-7)15-10-8(6-11)12-3-4-13-10/h3-4,7,9H,2,5-6,11H2,1H3. The van der Waals surface area contributed by atoms with Crippen molar-refractivity contribution in [1.29, 1.82) is 0 Å². The number of nitrogens with zero attached hydrogens (tertiary/aromatic N) is 2. The molecule has 0 bridgehead atoms. The van der Waals surface area contributed by atoms with Crippen molar-refractivity contribution in [2.45, 2.75) is 36.3 Å². The Bertz CT molecular complexity index is 334. The van der Waals surface area contributed by atoms with Crippen LogP contribution in [0.4, 0.5) is 0 Å². The Morgan fingerprint density at radius 3 is 3.00 bits per heavy atom. The molecule has 0 radical (unpaired) electrons. The van der Waals surface area contributed by atoms with Crippen molar-refractivity contribution in [1.82, 2.24) is 9.97 Å². The SMILES string of the molecule is CC1OCCC1Sc1nccnc1CN. The van der Waals surface area contributed by atoms with Gasteiger partial charge in [-0.25, -0.2) is 4.98 Å². The average molecular weight is 225 g/mol. The van der Waals surface area contributed by atoms with Gasteiger partial charge in [0.25, 0.3) is 0 Å². The molecule has 0 amide bonds. The second-order valence-corrected chi connectivity index (χ2v) is 4.76. The Morgan fingerprint density at radius 2 is 2.33 bits per heavy atom. The quantitative estimate of drug-likeness (QED) is 0.837. The van der Waals surface area contributed by atoms with Gasteiger partial charge in [-0.2, -0.15) is 0 Å². The minimum absolute atomic E-state index is 0.294. The molecule has 1 aromatic heterocycles. The lowest BCUT2D eigenvalue weighted by molar-refractivity contribution is 0.127. The van der Waals surface area contributed by atoms with Gasteiger partial charge < -0.3 is 10.5 Å². The second kappa shape index (κ2) is 4.92. The zero-order chi connectivity index (χ0) is 10.7. The van der Waals surface area contributed by atoms with E-state index >= 15 is 0 Å². The number of ether oxygens (including phenoxy) is 1. The fourth-order valence-corrected chi connectivity index (χ4v) is 2.77. The predicted molar refractivity (Wildman–Crippen MR) is 59.6 cm³/mol. The van der Waals surface area contributed by atoms with E-state index in [1.54, 1.807) is 24.2 Å². The fourth-order valence-electron chi connectivity index (χ4n) is 1.60. The largest absolute Gasteiger partial charge is 0.377 e. The summed E-state index contributed by atoms with van der Waals surface area (Å²) in [5.41, 5.74) is 6.49. The van der Waals surface area contributed by atoms with Gasteiger partial charge in [0.1, 0.15) is 5.03 Å². The topological polar surface area (TPSA) is 61.0 Å². The first kappa shape index (κ1) is 10.9. The molecule has 2 atom stereocenters. The summed E-state index contributed by atoms with van der Waals surface area (Å²) in [5.74, 6) is 0. The van der Waals surface area contributed by atoms with E-state index in [1.807, 2.05) is 0 Å².